The first kappa shape index (κ1) is 25.0. The Labute approximate surface area is 223 Å². The SMILES string of the molecule is COc1cc(/C=N/NC(=O)c2ccc(-n3c(C)ccc3-c3ccccc3)cc2)cc(I)c1OCC#N. The van der Waals surface area contributed by atoms with Crippen LogP contribution in [0.1, 0.15) is 21.6 Å². The molecule has 3 aromatic carbocycles. The molecule has 0 aliphatic rings. The van der Waals surface area contributed by atoms with E-state index < -0.39 is 0 Å². The number of ether oxygens (including phenoxy) is 2. The van der Waals surface area contributed by atoms with Gasteiger partial charge in [0.2, 0.25) is 0 Å². The highest BCUT2D eigenvalue weighted by atomic mass is 127. The molecule has 0 saturated carbocycles. The Morgan fingerprint density at radius 2 is 1.86 bits per heavy atom. The summed E-state index contributed by atoms with van der Waals surface area (Å²) in [5, 5.41) is 12.8. The van der Waals surface area contributed by atoms with Gasteiger partial charge in [-0.1, -0.05) is 30.3 Å². The number of hydrazone groups is 1. The number of nitriles is 1. The highest BCUT2D eigenvalue weighted by molar-refractivity contribution is 14.1. The molecular weight excluding hydrogens is 567 g/mol. The van der Waals surface area contributed by atoms with Gasteiger partial charge < -0.3 is 14.0 Å². The van der Waals surface area contributed by atoms with Crippen LogP contribution >= 0.6 is 22.6 Å². The maximum atomic E-state index is 12.6. The van der Waals surface area contributed by atoms with Gasteiger partial charge in [0.15, 0.2) is 18.1 Å². The predicted molar refractivity (Wildman–Crippen MR) is 148 cm³/mol. The van der Waals surface area contributed by atoms with Crippen molar-refractivity contribution in [2.75, 3.05) is 13.7 Å². The van der Waals surface area contributed by atoms with Gasteiger partial charge in [0, 0.05) is 16.9 Å². The Morgan fingerprint density at radius 1 is 1.11 bits per heavy atom. The number of carbonyl (C=O) groups is 1. The quantitative estimate of drug-likeness (QED) is 0.161. The molecule has 0 aliphatic carbocycles. The van der Waals surface area contributed by atoms with Crippen molar-refractivity contribution in [3.63, 3.8) is 0 Å². The zero-order valence-corrected chi connectivity index (χ0v) is 21.9. The van der Waals surface area contributed by atoms with Crippen LogP contribution in [0.4, 0.5) is 0 Å². The molecule has 1 amide bonds. The summed E-state index contributed by atoms with van der Waals surface area (Å²) in [6.07, 6.45) is 1.53. The van der Waals surface area contributed by atoms with E-state index in [1.54, 1.807) is 18.2 Å². The number of hydrogen-bond donors (Lipinski definition) is 1. The van der Waals surface area contributed by atoms with Crippen LogP contribution in [0.15, 0.2) is 84.0 Å². The number of aryl methyl sites for hydroxylation is 1. The second-order valence-electron chi connectivity index (χ2n) is 7.79. The topological polar surface area (TPSA) is 88.6 Å². The normalized spacial score (nSPS) is 10.7. The summed E-state index contributed by atoms with van der Waals surface area (Å²) in [5.41, 5.74) is 8.05. The summed E-state index contributed by atoms with van der Waals surface area (Å²) < 4.78 is 13.7. The number of amides is 1. The van der Waals surface area contributed by atoms with Gasteiger partial charge in [0.1, 0.15) is 6.07 Å². The van der Waals surface area contributed by atoms with E-state index in [9.17, 15) is 4.79 Å². The number of nitrogens with zero attached hydrogens (tertiary/aromatic N) is 3. The summed E-state index contributed by atoms with van der Waals surface area (Å²) in [5.74, 6) is 0.658. The molecule has 0 fully saturated rings. The first-order valence-electron chi connectivity index (χ1n) is 11.1. The van der Waals surface area contributed by atoms with Crippen LogP contribution in [-0.4, -0.2) is 30.4 Å². The van der Waals surface area contributed by atoms with Crippen LogP contribution < -0.4 is 14.9 Å². The summed E-state index contributed by atoms with van der Waals surface area (Å²) in [6.45, 7) is 1.98. The number of aromatic nitrogens is 1. The van der Waals surface area contributed by atoms with Crippen LogP contribution in [0, 0.1) is 21.8 Å². The molecular formula is C28H23IN4O3. The average molecular weight is 590 g/mol. The van der Waals surface area contributed by atoms with Gasteiger partial charge in [-0.25, -0.2) is 5.43 Å². The molecule has 4 rings (SSSR count). The fourth-order valence-corrected chi connectivity index (χ4v) is 4.55. The van der Waals surface area contributed by atoms with E-state index in [-0.39, 0.29) is 12.5 Å². The molecule has 4 aromatic rings. The molecule has 0 bridgehead atoms. The number of carbonyl (C=O) groups excluding carboxylic acids is 1. The number of benzene rings is 3. The van der Waals surface area contributed by atoms with Crippen LogP contribution in [0.3, 0.4) is 0 Å². The second-order valence-corrected chi connectivity index (χ2v) is 8.95. The Balaban J connectivity index is 1.47. The first-order valence-corrected chi connectivity index (χ1v) is 12.1. The Bertz CT molecular complexity index is 1440. The van der Waals surface area contributed by atoms with Crippen molar-refractivity contribution >= 4 is 34.7 Å². The highest BCUT2D eigenvalue weighted by Crippen LogP contribution is 2.33. The van der Waals surface area contributed by atoms with Crippen molar-refractivity contribution in [3.8, 4) is 34.5 Å². The smallest absolute Gasteiger partial charge is 0.271 e. The molecule has 0 aliphatic heterocycles. The molecule has 36 heavy (non-hydrogen) atoms. The standard InChI is InChI=1S/C28H23IN4O3/c1-19-8-13-25(21-6-4-3-5-7-21)33(19)23-11-9-22(10-12-23)28(34)32-31-18-20-16-24(29)27(36-15-14-30)26(17-20)35-2/h3-13,16-18H,15H2,1-2H3,(H,32,34)/b31-18+. The van der Waals surface area contributed by atoms with Gasteiger partial charge in [-0.05, 0) is 89.2 Å². The Morgan fingerprint density at radius 3 is 2.56 bits per heavy atom. The zero-order valence-electron chi connectivity index (χ0n) is 19.7. The van der Waals surface area contributed by atoms with Crippen LogP contribution in [0.25, 0.3) is 16.9 Å². The van der Waals surface area contributed by atoms with Gasteiger partial charge in [-0.15, -0.1) is 0 Å². The van der Waals surface area contributed by atoms with Crippen molar-refractivity contribution in [1.82, 2.24) is 9.99 Å². The third-order valence-electron chi connectivity index (χ3n) is 5.45. The Kier molecular flexibility index (Phi) is 8.02. The minimum atomic E-state index is -0.319. The lowest BCUT2D eigenvalue weighted by Gasteiger charge is -2.13. The maximum Gasteiger partial charge on any atom is 0.271 e. The summed E-state index contributed by atoms with van der Waals surface area (Å²) >= 11 is 2.10. The van der Waals surface area contributed by atoms with E-state index in [1.807, 2.05) is 42.5 Å². The highest BCUT2D eigenvalue weighted by Gasteiger charge is 2.12. The molecule has 0 spiro atoms. The molecule has 1 aromatic heterocycles. The fourth-order valence-electron chi connectivity index (χ4n) is 3.77. The molecule has 8 heteroatoms. The largest absolute Gasteiger partial charge is 0.493 e. The van der Waals surface area contributed by atoms with E-state index in [4.69, 9.17) is 14.7 Å². The minimum Gasteiger partial charge on any atom is -0.493 e. The van der Waals surface area contributed by atoms with Gasteiger partial charge in [-0.3, -0.25) is 4.79 Å². The maximum absolute atomic E-state index is 12.6. The number of methoxy groups -OCH3 is 1. The fraction of sp³-hybridized carbons (Fsp3) is 0.107. The molecule has 0 radical (unpaired) electrons. The summed E-state index contributed by atoms with van der Waals surface area (Å²) in [7, 11) is 1.52. The molecule has 7 nitrogen and oxygen atoms in total. The molecule has 0 saturated heterocycles. The van der Waals surface area contributed by atoms with Crippen molar-refractivity contribution < 1.29 is 14.3 Å². The summed E-state index contributed by atoms with van der Waals surface area (Å²) in [6, 6.07) is 27.3. The van der Waals surface area contributed by atoms with Crippen molar-refractivity contribution in [2.24, 2.45) is 5.10 Å². The van der Waals surface area contributed by atoms with Crippen LogP contribution in [0.5, 0.6) is 11.5 Å². The van der Waals surface area contributed by atoms with Gasteiger partial charge in [-0.2, -0.15) is 10.4 Å². The zero-order chi connectivity index (χ0) is 25.5. The number of rotatable bonds is 8. The molecule has 1 heterocycles. The van der Waals surface area contributed by atoms with Crippen molar-refractivity contribution in [1.29, 1.82) is 5.26 Å². The third-order valence-corrected chi connectivity index (χ3v) is 6.25. The van der Waals surface area contributed by atoms with Crippen molar-refractivity contribution in [3.05, 3.63) is 99.3 Å². The molecule has 0 unspecified atom stereocenters. The lowest BCUT2D eigenvalue weighted by atomic mass is 10.1. The molecule has 1 N–H and O–H groups in total. The molecule has 0 atom stereocenters. The monoisotopic (exact) mass is 590 g/mol. The minimum absolute atomic E-state index is 0.0773. The van der Waals surface area contributed by atoms with E-state index in [0.717, 1.165) is 26.2 Å². The Hall–Kier alpha value is -4.10. The lowest BCUT2D eigenvalue weighted by molar-refractivity contribution is 0.0955. The number of nitrogens with one attached hydrogen (secondary N) is 1. The molecule has 180 valence electrons. The number of halogens is 1. The lowest BCUT2D eigenvalue weighted by Crippen LogP contribution is -2.17. The van der Waals surface area contributed by atoms with E-state index in [1.165, 1.54) is 13.3 Å². The van der Waals surface area contributed by atoms with Gasteiger partial charge >= 0.3 is 0 Å². The van der Waals surface area contributed by atoms with Gasteiger partial charge in [0.25, 0.3) is 5.91 Å². The predicted octanol–water partition coefficient (Wildman–Crippen LogP) is 5.73. The average Bonchev–Trinajstić information content (AvgIpc) is 3.29. The summed E-state index contributed by atoms with van der Waals surface area (Å²) in [4.78, 5) is 12.6. The van der Waals surface area contributed by atoms with Crippen LogP contribution in [-0.2, 0) is 0 Å². The van der Waals surface area contributed by atoms with Gasteiger partial charge in [0.05, 0.1) is 22.6 Å². The third kappa shape index (κ3) is 5.58. The first-order chi connectivity index (χ1) is 17.5. The van der Waals surface area contributed by atoms with E-state index >= 15 is 0 Å². The van der Waals surface area contributed by atoms with E-state index in [2.05, 4.69) is 68.9 Å². The number of hydrogen-bond acceptors (Lipinski definition) is 5. The van der Waals surface area contributed by atoms with Crippen LogP contribution in [0.2, 0.25) is 0 Å². The second kappa shape index (κ2) is 11.6. The van der Waals surface area contributed by atoms with E-state index in [0.29, 0.717) is 22.6 Å². The van der Waals surface area contributed by atoms with Crippen molar-refractivity contribution in [2.45, 2.75) is 6.92 Å².